The number of benzene rings is 2. The number of para-hydroxylation sites is 1. The van der Waals surface area contributed by atoms with Crippen LogP contribution in [-0.4, -0.2) is 27.7 Å². The van der Waals surface area contributed by atoms with Crippen LogP contribution < -0.4 is 4.90 Å². The molecule has 5 heteroatoms. The molecule has 2 fully saturated rings. The Morgan fingerprint density at radius 1 is 1.08 bits per heavy atom. The molecule has 132 valence electrons. The first-order valence-electron chi connectivity index (χ1n) is 9.21. The van der Waals surface area contributed by atoms with Gasteiger partial charge in [0.25, 0.3) is 0 Å². The number of aromatic nitrogens is 2. The molecule has 1 aromatic heterocycles. The van der Waals surface area contributed by atoms with Gasteiger partial charge in [-0.05, 0) is 55.5 Å². The van der Waals surface area contributed by atoms with E-state index >= 15 is 0 Å². The number of anilines is 1. The molecule has 2 unspecified atom stereocenters. The van der Waals surface area contributed by atoms with E-state index in [1.807, 2.05) is 12.1 Å². The fourth-order valence-corrected chi connectivity index (χ4v) is 4.48. The zero-order chi connectivity index (χ0) is 17.7. The lowest BCUT2D eigenvalue weighted by atomic mass is 9.90. The van der Waals surface area contributed by atoms with Gasteiger partial charge in [0.1, 0.15) is 17.4 Å². The van der Waals surface area contributed by atoms with Crippen LogP contribution >= 0.6 is 0 Å². The fourth-order valence-electron chi connectivity index (χ4n) is 4.48. The lowest BCUT2D eigenvalue weighted by Gasteiger charge is -2.27. The second-order valence-electron chi connectivity index (χ2n) is 7.39. The van der Waals surface area contributed by atoms with Crippen molar-refractivity contribution in [1.82, 2.24) is 9.97 Å². The van der Waals surface area contributed by atoms with E-state index in [0.717, 1.165) is 24.2 Å². The zero-order valence-electron chi connectivity index (χ0n) is 14.4. The molecule has 1 aliphatic carbocycles. The highest BCUT2D eigenvalue weighted by Gasteiger charge is 2.36. The Labute approximate surface area is 151 Å². The molecule has 0 spiro atoms. The molecule has 2 aliphatic rings. The van der Waals surface area contributed by atoms with E-state index in [9.17, 15) is 9.50 Å². The third-order valence-electron chi connectivity index (χ3n) is 5.71. The number of hydrogen-bond donors (Lipinski definition) is 1. The second kappa shape index (κ2) is 5.94. The molecule has 1 saturated heterocycles. The summed E-state index contributed by atoms with van der Waals surface area (Å²) < 4.78 is 13.9. The van der Waals surface area contributed by atoms with Gasteiger partial charge in [0.15, 0.2) is 5.82 Å². The molecule has 2 aromatic carbocycles. The van der Waals surface area contributed by atoms with Crippen molar-refractivity contribution >= 4 is 16.7 Å². The molecular weight excluding hydrogens is 329 g/mol. The monoisotopic (exact) mass is 349 g/mol. The van der Waals surface area contributed by atoms with Gasteiger partial charge in [-0.2, -0.15) is 0 Å². The van der Waals surface area contributed by atoms with Gasteiger partial charge >= 0.3 is 0 Å². The van der Waals surface area contributed by atoms with E-state index in [4.69, 9.17) is 4.98 Å². The van der Waals surface area contributed by atoms with Gasteiger partial charge in [-0.25, -0.2) is 14.4 Å². The molecule has 5 rings (SSSR count). The molecule has 1 saturated carbocycles. The summed E-state index contributed by atoms with van der Waals surface area (Å²) >= 11 is 0. The zero-order valence-corrected chi connectivity index (χ0v) is 14.4. The predicted molar refractivity (Wildman–Crippen MR) is 99.7 cm³/mol. The molecule has 3 aromatic rings. The van der Waals surface area contributed by atoms with E-state index in [2.05, 4.69) is 9.88 Å². The summed E-state index contributed by atoms with van der Waals surface area (Å²) in [6, 6.07) is 12.2. The smallest absolute Gasteiger partial charge is 0.165 e. The minimum Gasteiger partial charge on any atom is -0.507 e. The quantitative estimate of drug-likeness (QED) is 0.739. The summed E-state index contributed by atoms with van der Waals surface area (Å²) in [5.74, 6) is 1.85. The predicted octanol–water partition coefficient (Wildman–Crippen LogP) is 4.52. The lowest BCUT2D eigenvalue weighted by Crippen LogP contribution is -2.29. The summed E-state index contributed by atoms with van der Waals surface area (Å²) in [5, 5.41) is 11.0. The van der Waals surface area contributed by atoms with E-state index in [-0.39, 0.29) is 11.6 Å². The van der Waals surface area contributed by atoms with Crippen LogP contribution in [0.25, 0.3) is 22.3 Å². The van der Waals surface area contributed by atoms with Crippen LogP contribution in [0.3, 0.4) is 0 Å². The minimum atomic E-state index is -0.278. The van der Waals surface area contributed by atoms with Gasteiger partial charge in [-0.15, -0.1) is 0 Å². The average molecular weight is 349 g/mol. The summed E-state index contributed by atoms with van der Waals surface area (Å²) in [6.45, 7) is 0.966. The number of nitrogens with zero attached hydrogens (tertiary/aromatic N) is 3. The van der Waals surface area contributed by atoms with Crippen LogP contribution in [0.2, 0.25) is 0 Å². The maximum Gasteiger partial charge on any atom is 0.165 e. The highest BCUT2D eigenvalue weighted by atomic mass is 19.1. The number of phenolic OH excluding ortho intramolecular Hbond substituents is 1. The lowest BCUT2D eigenvalue weighted by molar-refractivity contribution is 0.415. The minimum absolute atomic E-state index is 0.153. The first kappa shape index (κ1) is 15.6. The van der Waals surface area contributed by atoms with Crippen molar-refractivity contribution in [3.63, 3.8) is 0 Å². The molecule has 0 radical (unpaired) electrons. The van der Waals surface area contributed by atoms with Crippen molar-refractivity contribution in [3.05, 3.63) is 48.3 Å². The number of phenols is 1. The van der Waals surface area contributed by atoms with Crippen molar-refractivity contribution in [2.45, 2.75) is 31.7 Å². The van der Waals surface area contributed by atoms with Crippen LogP contribution in [0.1, 0.15) is 25.7 Å². The maximum atomic E-state index is 13.9. The van der Waals surface area contributed by atoms with Crippen molar-refractivity contribution in [3.8, 4) is 17.1 Å². The molecule has 26 heavy (non-hydrogen) atoms. The molecule has 1 N–H and O–H groups in total. The highest BCUT2D eigenvalue weighted by Crippen LogP contribution is 2.41. The van der Waals surface area contributed by atoms with Gasteiger partial charge in [0, 0.05) is 18.0 Å². The number of halogens is 1. The Morgan fingerprint density at radius 3 is 2.81 bits per heavy atom. The van der Waals surface area contributed by atoms with Gasteiger partial charge < -0.3 is 10.0 Å². The van der Waals surface area contributed by atoms with Crippen molar-refractivity contribution in [2.75, 3.05) is 11.4 Å². The standard InChI is InChI=1S/C21H20FN3O/c22-14-8-9-18-17(11-14)21(25-12-13-4-3-5-15(25)10-13)24-20(23-18)16-6-1-2-7-19(16)26/h1-2,6-9,11,13,15,26H,3-5,10,12H2. The first-order chi connectivity index (χ1) is 12.7. The van der Waals surface area contributed by atoms with E-state index in [1.54, 1.807) is 18.2 Å². The summed E-state index contributed by atoms with van der Waals surface area (Å²) in [7, 11) is 0. The van der Waals surface area contributed by atoms with Crippen LogP contribution in [0.4, 0.5) is 10.2 Å². The van der Waals surface area contributed by atoms with Crippen LogP contribution in [-0.2, 0) is 0 Å². The molecule has 2 bridgehead atoms. The SMILES string of the molecule is Oc1ccccc1-c1nc(N2CC3CCCC2C3)c2cc(F)ccc2n1. The third kappa shape index (κ3) is 2.50. The van der Waals surface area contributed by atoms with Gasteiger partial charge in [0.2, 0.25) is 0 Å². The second-order valence-corrected chi connectivity index (χ2v) is 7.39. The van der Waals surface area contributed by atoms with Gasteiger partial charge in [-0.1, -0.05) is 18.6 Å². The number of aromatic hydroxyl groups is 1. The Morgan fingerprint density at radius 2 is 1.96 bits per heavy atom. The van der Waals surface area contributed by atoms with Crippen LogP contribution in [0, 0.1) is 11.7 Å². The van der Waals surface area contributed by atoms with E-state index in [0.29, 0.717) is 28.9 Å². The van der Waals surface area contributed by atoms with Crippen molar-refractivity contribution in [2.24, 2.45) is 5.92 Å². The molecule has 0 amide bonds. The van der Waals surface area contributed by atoms with Gasteiger partial charge in [-0.3, -0.25) is 0 Å². The highest BCUT2D eigenvalue weighted by molar-refractivity contribution is 5.91. The number of fused-ring (bicyclic) bond motifs is 3. The molecule has 2 atom stereocenters. The van der Waals surface area contributed by atoms with Crippen LogP contribution in [0.5, 0.6) is 5.75 Å². The van der Waals surface area contributed by atoms with Crippen molar-refractivity contribution in [1.29, 1.82) is 0 Å². The van der Waals surface area contributed by atoms with Crippen molar-refractivity contribution < 1.29 is 9.50 Å². The normalized spacial score (nSPS) is 22.1. The number of hydrogen-bond acceptors (Lipinski definition) is 4. The van der Waals surface area contributed by atoms with E-state index < -0.39 is 0 Å². The summed E-state index contributed by atoms with van der Waals surface area (Å²) in [6.07, 6.45) is 4.85. The topological polar surface area (TPSA) is 49.3 Å². The Hall–Kier alpha value is -2.69. The molecule has 2 heterocycles. The average Bonchev–Trinajstić information content (AvgIpc) is 2.94. The van der Waals surface area contributed by atoms with Gasteiger partial charge in [0.05, 0.1) is 11.1 Å². The fraction of sp³-hybridized carbons (Fsp3) is 0.333. The Bertz CT molecular complexity index is 990. The maximum absolute atomic E-state index is 13.9. The van der Waals surface area contributed by atoms with Crippen LogP contribution in [0.15, 0.2) is 42.5 Å². The molecular formula is C21H20FN3O. The number of rotatable bonds is 2. The largest absolute Gasteiger partial charge is 0.507 e. The first-order valence-corrected chi connectivity index (χ1v) is 9.21. The molecule has 4 nitrogen and oxygen atoms in total. The third-order valence-corrected chi connectivity index (χ3v) is 5.71. The summed E-state index contributed by atoms with van der Waals surface area (Å²) in [5.41, 5.74) is 1.30. The summed E-state index contributed by atoms with van der Waals surface area (Å²) in [4.78, 5) is 11.7. The van der Waals surface area contributed by atoms with E-state index in [1.165, 1.54) is 31.4 Å². The Balaban J connectivity index is 1.72. The molecule has 1 aliphatic heterocycles. The Kier molecular flexibility index (Phi) is 3.55.